The monoisotopic (exact) mass is 230 g/mol. The Morgan fingerprint density at radius 2 is 2.35 bits per heavy atom. The Morgan fingerprint density at radius 3 is 2.94 bits per heavy atom. The van der Waals surface area contributed by atoms with E-state index in [0.717, 1.165) is 19.3 Å². The molecule has 1 aromatic heterocycles. The minimum atomic E-state index is -0.256. The van der Waals surface area contributed by atoms with Crippen LogP contribution in [-0.4, -0.2) is 16.9 Å². The van der Waals surface area contributed by atoms with Gasteiger partial charge in [-0.25, -0.2) is 4.98 Å². The van der Waals surface area contributed by atoms with Gasteiger partial charge >= 0.3 is 0 Å². The van der Waals surface area contributed by atoms with Gasteiger partial charge in [-0.3, -0.25) is 4.79 Å². The molecule has 0 saturated heterocycles. The van der Waals surface area contributed by atoms with E-state index in [9.17, 15) is 4.79 Å². The number of amides is 1. The zero-order valence-corrected chi connectivity index (χ0v) is 9.39. The number of hydrogen-bond acceptors (Lipinski definition) is 4. The van der Waals surface area contributed by atoms with Crippen LogP contribution >= 0.6 is 0 Å². The van der Waals surface area contributed by atoms with Gasteiger partial charge in [-0.05, 0) is 25.0 Å². The highest BCUT2D eigenvalue weighted by Crippen LogP contribution is 2.27. The van der Waals surface area contributed by atoms with Gasteiger partial charge in [0.15, 0.2) is 0 Å². The maximum Gasteiger partial charge on any atom is 0.222 e. The second-order valence-corrected chi connectivity index (χ2v) is 4.23. The number of carbonyl (C=O) groups is 1. The van der Waals surface area contributed by atoms with Crippen LogP contribution in [0.25, 0.3) is 0 Å². The van der Waals surface area contributed by atoms with Crippen LogP contribution in [0.3, 0.4) is 0 Å². The molecule has 1 aliphatic carbocycles. The van der Waals surface area contributed by atoms with Crippen molar-refractivity contribution in [3.05, 3.63) is 23.9 Å². The van der Waals surface area contributed by atoms with Gasteiger partial charge in [0.1, 0.15) is 11.9 Å². The summed E-state index contributed by atoms with van der Waals surface area (Å²) in [7, 11) is 0. The zero-order chi connectivity index (χ0) is 12.3. The van der Waals surface area contributed by atoms with E-state index in [1.165, 1.54) is 6.20 Å². The van der Waals surface area contributed by atoms with Crippen molar-refractivity contribution in [1.82, 2.24) is 4.98 Å². The van der Waals surface area contributed by atoms with Crippen molar-refractivity contribution >= 4 is 11.7 Å². The molecule has 5 heteroatoms. The molecule has 1 aliphatic rings. The van der Waals surface area contributed by atoms with Crippen LogP contribution in [0, 0.1) is 17.2 Å². The number of nitrogens with one attached hydrogen (secondary N) is 1. The fourth-order valence-corrected chi connectivity index (χ4v) is 2.21. The number of hydrogen-bond donors (Lipinski definition) is 2. The first-order valence-electron chi connectivity index (χ1n) is 5.62. The van der Waals surface area contributed by atoms with Gasteiger partial charge in [-0.2, -0.15) is 5.26 Å². The van der Waals surface area contributed by atoms with Gasteiger partial charge in [0.2, 0.25) is 5.91 Å². The predicted octanol–water partition coefficient (Wildman–Crippen LogP) is 1.02. The lowest BCUT2D eigenvalue weighted by molar-refractivity contribution is -0.121. The lowest BCUT2D eigenvalue weighted by Crippen LogP contribution is -2.34. The first kappa shape index (κ1) is 11.4. The average molecular weight is 230 g/mol. The van der Waals surface area contributed by atoms with E-state index < -0.39 is 0 Å². The molecule has 1 saturated carbocycles. The highest BCUT2D eigenvalue weighted by atomic mass is 16.1. The molecule has 0 aliphatic heterocycles. The Hall–Kier alpha value is -2.09. The van der Waals surface area contributed by atoms with Gasteiger partial charge in [0.25, 0.3) is 0 Å². The lowest BCUT2D eigenvalue weighted by atomic mass is 10.0. The van der Waals surface area contributed by atoms with Crippen LogP contribution < -0.4 is 11.1 Å². The van der Waals surface area contributed by atoms with Crippen LogP contribution in [0.4, 0.5) is 5.82 Å². The Labute approximate surface area is 99.6 Å². The summed E-state index contributed by atoms with van der Waals surface area (Å²) in [4.78, 5) is 15.3. The van der Waals surface area contributed by atoms with Crippen molar-refractivity contribution in [3.8, 4) is 6.07 Å². The number of aromatic nitrogens is 1. The number of nitriles is 1. The average Bonchev–Trinajstić information content (AvgIpc) is 2.78. The molecule has 1 amide bonds. The molecule has 0 spiro atoms. The zero-order valence-electron chi connectivity index (χ0n) is 9.39. The van der Waals surface area contributed by atoms with Crippen molar-refractivity contribution in [2.45, 2.75) is 25.3 Å². The number of pyridine rings is 1. The standard InChI is InChI=1S/C12H14N4O/c13-6-8-4-5-11(15-7-8)16-10-3-1-2-9(10)12(14)17/h4-5,7,9-10H,1-3H2,(H2,14,17)(H,15,16)/t9-,10-/m0/s1. The number of primary amides is 1. The maximum atomic E-state index is 11.2. The number of carbonyl (C=O) groups excluding carboxylic acids is 1. The minimum absolute atomic E-state index is 0.0629. The molecule has 1 heterocycles. The van der Waals surface area contributed by atoms with Crippen molar-refractivity contribution in [1.29, 1.82) is 5.26 Å². The Balaban J connectivity index is 2.05. The number of anilines is 1. The first-order chi connectivity index (χ1) is 8.20. The highest BCUT2D eigenvalue weighted by Gasteiger charge is 2.31. The smallest absolute Gasteiger partial charge is 0.222 e. The third kappa shape index (κ3) is 2.53. The number of rotatable bonds is 3. The van der Waals surface area contributed by atoms with Crippen LogP contribution in [0.5, 0.6) is 0 Å². The molecule has 3 N–H and O–H groups in total. The molecular formula is C12H14N4O. The third-order valence-corrected chi connectivity index (χ3v) is 3.11. The summed E-state index contributed by atoms with van der Waals surface area (Å²) in [5.74, 6) is 0.309. The van der Waals surface area contributed by atoms with Crippen molar-refractivity contribution in [2.24, 2.45) is 11.7 Å². The molecule has 2 rings (SSSR count). The molecular weight excluding hydrogens is 216 g/mol. The van der Waals surface area contributed by atoms with Crippen LogP contribution in [0.2, 0.25) is 0 Å². The molecule has 5 nitrogen and oxygen atoms in total. The Kier molecular flexibility index (Phi) is 3.24. The Bertz CT molecular complexity index is 449. The van der Waals surface area contributed by atoms with E-state index >= 15 is 0 Å². The van der Waals surface area contributed by atoms with Gasteiger partial charge in [0.05, 0.1) is 11.5 Å². The highest BCUT2D eigenvalue weighted by molar-refractivity contribution is 5.78. The predicted molar refractivity (Wildman–Crippen MR) is 62.9 cm³/mol. The quantitative estimate of drug-likeness (QED) is 0.810. The van der Waals surface area contributed by atoms with E-state index in [2.05, 4.69) is 10.3 Å². The van der Waals surface area contributed by atoms with Gasteiger partial charge in [-0.1, -0.05) is 6.42 Å². The van der Waals surface area contributed by atoms with Gasteiger partial charge in [0, 0.05) is 12.2 Å². The SMILES string of the molecule is N#Cc1ccc(N[C@H]2CCC[C@@H]2C(N)=O)nc1. The van der Waals surface area contributed by atoms with Gasteiger partial charge < -0.3 is 11.1 Å². The van der Waals surface area contributed by atoms with E-state index in [1.807, 2.05) is 6.07 Å². The molecule has 0 radical (unpaired) electrons. The van der Waals surface area contributed by atoms with E-state index in [0.29, 0.717) is 11.4 Å². The van der Waals surface area contributed by atoms with E-state index in [1.54, 1.807) is 12.1 Å². The fraction of sp³-hybridized carbons (Fsp3) is 0.417. The number of nitrogens with two attached hydrogens (primary N) is 1. The van der Waals surface area contributed by atoms with E-state index in [-0.39, 0.29) is 17.9 Å². The minimum Gasteiger partial charge on any atom is -0.369 e. The summed E-state index contributed by atoms with van der Waals surface area (Å²) in [6.07, 6.45) is 4.27. The van der Waals surface area contributed by atoms with Crippen molar-refractivity contribution in [3.63, 3.8) is 0 Å². The van der Waals surface area contributed by atoms with Crippen LogP contribution in [-0.2, 0) is 4.79 Å². The summed E-state index contributed by atoms with van der Waals surface area (Å²) >= 11 is 0. The molecule has 2 atom stereocenters. The van der Waals surface area contributed by atoms with Crippen LogP contribution in [0.15, 0.2) is 18.3 Å². The van der Waals surface area contributed by atoms with E-state index in [4.69, 9.17) is 11.0 Å². The second-order valence-electron chi connectivity index (χ2n) is 4.23. The molecule has 0 unspecified atom stereocenters. The summed E-state index contributed by atoms with van der Waals surface area (Å²) in [6, 6.07) is 5.52. The fourth-order valence-electron chi connectivity index (χ4n) is 2.21. The maximum absolute atomic E-state index is 11.2. The van der Waals surface area contributed by atoms with Crippen LogP contribution in [0.1, 0.15) is 24.8 Å². The molecule has 0 aromatic carbocycles. The van der Waals surface area contributed by atoms with Crippen molar-refractivity contribution in [2.75, 3.05) is 5.32 Å². The first-order valence-corrected chi connectivity index (χ1v) is 5.62. The second kappa shape index (κ2) is 4.83. The Morgan fingerprint density at radius 1 is 1.53 bits per heavy atom. The number of nitrogens with zero attached hydrogens (tertiary/aromatic N) is 2. The summed E-state index contributed by atoms with van der Waals surface area (Å²) in [6.45, 7) is 0. The normalized spacial score (nSPS) is 23.0. The topological polar surface area (TPSA) is 91.8 Å². The molecule has 0 bridgehead atoms. The van der Waals surface area contributed by atoms with Crippen molar-refractivity contribution < 1.29 is 4.79 Å². The molecule has 17 heavy (non-hydrogen) atoms. The summed E-state index contributed by atoms with van der Waals surface area (Å²) in [5.41, 5.74) is 5.87. The molecule has 1 aromatic rings. The lowest BCUT2D eigenvalue weighted by Gasteiger charge is -2.18. The molecule has 1 fully saturated rings. The summed E-state index contributed by atoms with van der Waals surface area (Å²) < 4.78 is 0. The third-order valence-electron chi connectivity index (χ3n) is 3.11. The molecule has 88 valence electrons. The summed E-state index contributed by atoms with van der Waals surface area (Å²) in [5, 5.41) is 11.9. The van der Waals surface area contributed by atoms with Gasteiger partial charge in [-0.15, -0.1) is 0 Å². The largest absolute Gasteiger partial charge is 0.369 e.